The first kappa shape index (κ1) is 28.0. The van der Waals surface area contributed by atoms with Crippen LogP contribution in [0.25, 0.3) is 0 Å². The van der Waals surface area contributed by atoms with E-state index in [2.05, 4.69) is 39.9 Å². The maximum Gasteiger partial charge on any atom is 0.408 e. The lowest BCUT2D eigenvalue weighted by molar-refractivity contribution is -0.384. The number of hydrogen-bond acceptors (Lipinski definition) is 5. The summed E-state index contributed by atoms with van der Waals surface area (Å²) >= 11 is 0. The van der Waals surface area contributed by atoms with Crippen molar-refractivity contribution >= 4 is 23.4 Å². The third-order valence-electron chi connectivity index (χ3n) is 7.55. The van der Waals surface area contributed by atoms with E-state index >= 15 is 0 Å². The standard InChI is InChI=1S/C28H37N3O6/c1-19(32)29-23-12-11-22(17-24(23)31(35)36)37-21-9-7-20(8-10-21)18-30(25(33)34)28(26(2,3)4)15-13-27(5,6)14-16-28/h7-12,17H,13-16,18H2,1-6H3,(H,29,32)(H,33,34). The number of nitrogens with zero attached hydrogens (tertiary/aromatic N) is 2. The smallest absolute Gasteiger partial charge is 0.408 e. The lowest BCUT2D eigenvalue weighted by Crippen LogP contribution is -2.60. The van der Waals surface area contributed by atoms with Crippen LogP contribution in [0.1, 0.15) is 72.8 Å². The summed E-state index contributed by atoms with van der Waals surface area (Å²) in [7, 11) is 0. The van der Waals surface area contributed by atoms with Gasteiger partial charge in [0.1, 0.15) is 17.2 Å². The summed E-state index contributed by atoms with van der Waals surface area (Å²) in [6.45, 7) is 12.4. The molecule has 1 fully saturated rings. The number of carboxylic acid groups (broad SMARTS) is 1. The van der Waals surface area contributed by atoms with Gasteiger partial charge in [0.25, 0.3) is 5.69 Å². The van der Waals surface area contributed by atoms with E-state index < -0.39 is 22.5 Å². The molecule has 2 N–H and O–H groups in total. The molecule has 0 aromatic heterocycles. The fourth-order valence-corrected chi connectivity index (χ4v) is 5.17. The Morgan fingerprint density at radius 1 is 1.05 bits per heavy atom. The highest BCUT2D eigenvalue weighted by atomic mass is 16.6. The maximum absolute atomic E-state index is 12.5. The lowest BCUT2D eigenvalue weighted by atomic mass is 9.59. The molecule has 2 amide bonds. The van der Waals surface area contributed by atoms with E-state index in [9.17, 15) is 24.8 Å². The van der Waals surface area contributed by atoms with Crippen LogP contribution in [0, 0.1) is 20.9 Å². The van der Waals surface area contributed by atoms with Gasteiger partial charge in [-0.1, -0.05) is 46.8 Å². The highest BCUT2D eigenvalue weighted by molar-refractivity contribution is 5.91. The number of carbonyl (C=O) groups excluding carboxylic acids is 1. The number of hydrogen-bond donors (Lipinski definition) is 2. The molecule has 2 aromatic carbocycles. The molecule has 0 atom stereocenters. The SMILES string of the molecule is CC(=O)Nc1ccc(Oc2ccc(CN(C(=O)O)C3(C(C)(C)C)CCC(C)(C)CC3)cc2)cc1[N+](=O)[O-]. The Balaban J connectivity index is 1.81. The van der Waals surface area contributed by atoms with Gasteiger partial charge in [-0.3, -0.25) is 19.8 Å². The second kappa shape index (κ2) is 10.4. The third kappa shape index (κ3) is 6.39. The Hall–Kier alpha value is -3.62. The van der Waals surface area contributed by atoms with Crippen molar-refractivity contribution in [2.24, 2.45) is 10.8 Å². The van der Waals surface area contributed by atoms with Gasteiger partial charge in [-0.25, -0.2) is 4.79 Å². The zero-order valence-corrected chi connectivity index (χ0v) is 22.5. The van der Waals surface area contributed by atoms with E-state index in [4.69, 9.17) is 4.74 Å². The Morgan fingerprint density at radius 2 is 1.62 bits per heavy atom. The minimum Gasteiger partial charge on any atom is -0.465 e. The zero-order chi connectivity index (χ0) is 27.6. The monoisotopic (exact) mass is 511 g/mol. The minimum absolute atomic E-state index is 0.0906. The molecular formula is C28H37N3O6. The molecule has 200 valence electrons. The minimum atomic E-state index is -0.929. The summed E-state index contributed by atoms with van der Waals surface area (Å²) in [5.41, 5.74) is 0.140. The Morgan fingerprint density at radius 3 is 2.11 bits per heavy atom. The number of nitrogens with one attached hydrogen (secondary N) is 1. The van der Waals surface area contributed by atoms with Gasteiger partial charge in [-0.05, 0) is 66.3 Å². The molecule has 37 heavy (non-hydrogen) atoms. The van der Waals surface area contributed by atoms with Crippen LogP contribution in [-0.2, 0) is 11.3 Å². The number of amides is 2. The molecule has 0 aliphatic heterocycles. The molecule has 0 saturated heterocycles. The number of nitro benzene ring substituents is 1. The predicted molar refractivity (Wildman–Crippen MR) is 142 cm³/mol. The first-order valence-electron chi connectivity index (χ1n) is 12.5. The molecule has 1 aliphatic rings. The van der Waals surface area contributed by atoms with E-state index in [1.54, 1.807) is 17.0 Å². The Bertz CT molecular complexity index is 1160. The van der Waals surface area contributed by atoms with E-state index in [0.29, 0.717) is 5.75 Å². The first-order valence-corrected chi connectivity index (χ1v) is 12.5. The van der Waals surface area contributed by atoms with Crippen molar-refractivity contribution in [3.63, 3.8) is 0 Å². The van der Waals surface area contributed by atoms with Crippen molar-refractivity contribution in [3.05, 3.63) is 58.1 Å². The average Bonchev–Trinajstić information content (AvgIpc) is 2.78. The van der Waals surface area contributed by atoms with Gasteiger partial charge in [0.2, 0.25) is 5.91 Å². The second-order valence-electron chi connectivity index (χ2n) is 11.7. The molecule has 3 rings (SSSR count). The summed E-state index contributed by atoms with van der Waals surface area (Å²) in [6, 6.07) is 11.3. The van der Waals surface area contributed by atoms with Crippen molar-refractivity contribution in [1.29, 1.82) is 0 Å². The van der Waals surface area contributed by atoms with Crippen LogP contribution in [0.4, 0.5) is 16.2 Å². The molecule has 0 radical (unpaired) electrons. The quantitative estimate of drug-likeness (QED) is 0.299. The molecule has 1 saturated carbocycles. The van der Waals surface area contributed by atoms with Gasteiger partial charge >= 0.3 is 6.09 Å². The molecule has 0 heterocycles. The van der Waals surface area contributed by atoms with E-state index in [1.165, 1.54) is 25.1 Å². The van der Waals surface area contributed by atoms with Crippen LogP contribution in [0.5, 0.6) is 11.5 Å². The van der Waals surface area contributed by atoms with E-state index in [0.717, 1.165) is 31.2 Å². The van der Waals surface area contributed by atoms with Gasteiger partial charge in [-0.15, -0.1) is 0 Å². The number of ether oxygens (including phenoxy) is 1. The number of benzene rings is 2. The molecule has 1 aliphatic carbocycles. The van der Waals surface area contributed by atoms with Gasteiger partial charge in [-0.2, -0.15) is 0 Å². The van der Waals surface area contributed by atoms with Gasteiger partial charge in [0, 0.05) is 13.5 Å². The van der Waals surface area contributed by atoms with Crippen molar-refractivity contribution in [2.75, 3.05) is 5.32 Å². The summed E-state index contributed by atoms with van der Waals surface area (Å²) < 4.78 is 5.80. The van der Waals surface area contributed by atoms with Gasteiger partial charge < -0.3 is 15.2 Å². The van der Waals surface area contributed by atoms with Crippen LogP contribution in [-0.4, -0.2) is 32.5 Å². The predicted octanol–water partition coefficient (Wildman–Crippen LogP) is 7.21. The largest absolute Gasteiger partial charge is 0.465 e. The van der Waals surface area contributed by atoms with Crippen molar-refractivity contribution in [2.45, 2.75) is 79.3 Å². The maximum atomic E-state index is 12.5. The lowest BCUT2D eigenvalue weighted by Gasteiger charge is -2.56. The molecule has 0 spiro atoms. The molecule has 9 nitrogen and oxygen atoms in total. The number of nitro groups is 1. The zero-order valence-electron chi connectivity index (χ0n) is 22.5. The van der Waals surface area contributed by atoms with E-state index in [-0.39, 0.29) is 34.5 Å². The molecule has 2 aromatic rings. The fourth-order valence-electron chi connectivity index (χ4n) is 5.17. The molecule has 0 bridgehead atoms. The van der Waals surface area contributed by atoms with Gasteiger partial charge in [0.15, 0.2) is 0 Å². The Kier molecular flexibility index (Phi) is 7.86. The summed E-state index contributed by atoms with van der Waals surface area (Å²) in [5.74, 6) is 0.294. The molecule has 9 heteroatoms. The summed E-state index contributed by atoms with van der Waals surface area (Å²) in [5, 5.41) is 24.1. The topological polar surface area (TPSA) is 122 Å². The summed E-state index contributed by atoms with van der Waals surface area (Å²) in [4.78, 5) is 36.3. The van der Waals surface area contributed by atoms with Crippen molar-refractivity contribution in [3.8, 4) is 11.5 Å². The highest BCUT2D eigenvalue weighted by Crippen LogP contribution is 2.51. The van der Waals surface area contributed by atoms with Crippen LogP contribution in [0.15, 0.2) is 42.5 Å². The normalized spacial score (nSPS) is 16.5. The highest BCUT2D eigenvalue weighted by Gasteiger charge is 2.51. The average molecular weight is 512 g/mol. The van der Waals surface area contributed by atoms with Crippen LogP contribution in [0.2, 0.25) is 0 Å². The van der Waals surface area contributed by atoms with E-state index in [1.807, 2.05) is 12.1 Å². The van der Waals surface area contributed by atoms with Crippen molar-refractivity contribution in [1.82, 2.24) is 4.90 Å². The number of anilines is 1. The number of carbonyl (C=O) groups is 2. The van der Waals surface area contributed by atoms with Crippen LogP contribution < -0.4 is 10.1 Å². The summed E-state index contributed by atoms with van der Waals surface area (Å²) in [6.07, 6.45) is 2.62. The number of rotatable bonds is 7. The molecule has 0 unspecified atom stereocenters. The first-order chi connectivity index (χ1) is 17.1. The second-order valence-corrected chi connectivity index (χ2v) is 11.7. The van der Waals surface area contributed by atoms with Crippen LogP contribution >= 0.6 is 0 Å². The fraction of sp³-hybridized carbons (Fsp3) is 0.500. The van der Waals surface area contributed by atoms with Gasteiger partial charge in [0.05, 0.1) is 16.5 Å². The Labute approximate surface area is 218 Å². The van der Waals surface area contributed by atoms with Crippen LogP contribution in [0.3, 0.4) is 0 Å². The molecular weight excluding hydrogens is 474 g/mol. The third-order valence-corrected chi connectivity index (χ3v) is 7.55. The van der Waals surface area contributed by atoms with Crippen molar-refractivity contribution < 1.29 is 24.4 Å².